The minimum atomic E-state index is -0.734. The molecule has 0 spiro atoms. The van der Waals surface area contributed by atoms with Crippen LogP contribution >= 0.6 is 23.2 Å². The Hall–Kier alpha value is -2.04. The minimum absolute atomic E-state index is 0.195. The first-order chi connectivity index (χ1) is 10.5. The average Bonchev–Trinajstić information content (AvgIpc) is 2.50. The van der Waals surface area contributed by atoms with Crippen molar-refractivity contribution in [3.8, 4) is 5.75 Å². The Morgan fingerprint density at radius 1 is 1.05 bits per heavy atom. The van der Waals surface area contributed by atoms with E-state index in [0.717, 1.165) is 12.2 Å². The van der Waals surface area contributed by atoms with E-state index in [1.165, 1.54) is 6.07 Å². The highest BCUT2D eigenvalue weighted by atomic mass is 35.5. The highest BCUT2D eigenvalue weighted by molar-refractivity contribution is 6.40. The fraction of sp³-hybridized carbons (Fsp3) is 0.125. The first-order valence-corrected chi connectivity index (χ1v) is 7.22. The third-order valence-electron chi connectivity index (χ3n) is 2.74. The largest absolute Gasteiger partial charge is 0.463 e. The Morgan fingerprint density at radius 2 is 1.68 bits per heavy atom. The molecule has 4 nitrogen and oxygen atoms in total. The lowest BCUT2D eigenvalue weighted by Gasteiger charge is -2.09. The maximum absolute atomic E-state index is 11.8. The summed E-state index contributed by atoms with van der Waals surface area (Å²) < 4.78 is 9.89. The number of ether oxygens (including phenoxy) is 2. The molecule has 0 radical (unpaired) electrons. The van der Waals surface area contributed by atoms with Crippen LogP contribution in [0.5, 0.6) is 5.75 Å². The van der Waals surface area contributed by atoms with Crippen LogP contribution in [0.2, 0.25) is 10.0 Å². The molecule has 114 valence electrons. The van der Waals surface area contributed by atoms with Gasteiger partial charge in [0.2, 0.25) is 0 Å². The van der Waals surface area contributed by atoms with Crippen LogP contribution in [-0.2, 0) is 14.3 Å². The summed E-state index contributed by atoms with van der Waals surface area (Å²) >= 11 is 12.2. The molecule has 0 aromatic heterocycles. The summed E-state index contributed by atoms with van der Waals surface area (Å²) in [5.74, 6) is -1.16. The first kappa shape index (κ1) is 16.3. The van der Waals surface area contributed by atoms with Gasteiger partial charge in [-0.1, -0.05) is 47.5 Å². The molecule has 0 aliphatic heterocycles. The lowest BCUT2D eigenvalue weighted by molar-refractivity contribution is -0.138. The molecule has 2 aromatic rings. The van der Waals surface area contributed by atoms with Gasteiger partial charge in [0, 0.05) is 22.9 Å². The van der Waals surface area contributed by atoms with Crippen molar-refractivity contribution in [3.63, 3.8) is 0 Å². The van der Waals surface area contributed by atoms with E-state index in [1.807, 2.05) is 6.07 Å². The molecular weight excluding hydrogens is 327 g/mol. The topological polar surface area (TPSA) is 52.6 Å². The van der Waals surface area contributed by atoms with Crippen LogP contribution in [0, 0.1) is 0 Å². The van der Waals surface area contributed by atoms with Gasteiger partial charge in [0.25, 0.3) is 0 Å². The Balaban J connectivity index is 2.28. The van der Waals surface area contributed by atoms with Gasteiger partial charge >= 0.3 is 11.9 Å². The second-order valence-corrected chi connectivity index (χ2v) is 5.04. The lowest BCUT2D eigenvalue weighted by Crippen LogP contribution is -2.07. The number of hydrogen-bond donors (Lipinski definition) is 0. The molecule has 6 heteroatoms. The second kappa shape index (κ2) is 7.29. The van der Waals surface area contributed by atoms with Crippen molar-refractivity contribution in [1.82, 2.24) is 0 Å². The summed E-state index contributed by atoms with van der Waals surface area (Å²) in [5.41, 5.74) is 0. The molecule has 0 saturated carbocycles. The molecule has 0 heterocycles. The van der Waals surface area contributed by atoms with Crippen LogP contribution in [0.4, 0.5) is 0 Å². The Kier molecular flexibility index (Phi) is 5.41. The predicted molar refractivity (Wildman–Crippen MR) is 85.4 cm³/mol. The Labute approximate surface area is 137 Å². The van der Waals surface area contributed by atoms with E-state index in [-0.39, 0.29) is 17.4 Å². The number of fused-ring (bicyclic) bond motifs is 1. The van der Waals surface area contributed by atoms with Crippen LogP contribution in [0.15, 0.2) is 42.5 Å². The van der Waals surface area contributed by atoms with Crippen LogP contribution < -0.4 is 4.74 Å². The summed E-state index contributed by atoms with van der Waals surface area (Å²) in [5, 5.41) is 1.99. The highest BCUT2D eigenvalue weighted by Crippen LogP contribution is 2.38. The van der Waals surface area contributed by atoms with Crippen molar-refractivity contribution in [2.45, 2.75) is 6.92 Å². The SMILES string of the molecule is CCOC(=O)/C=C/C(=O)Oc1c(Cl)cc(Cl)c2ccccc12. The van der Waals surface area contributed by atoms with Crippen LogP contribution in [0.1, 0.15) is 6.92 Å². The minimum Gasteiger partial charge on any atom is -0.463 e. The zero-order valence-corrected chi connectivity index (χ0v) is 13.1. The smallest absolute Gasteiger partial charge is 0.336 e. The maximum atomic E-state index is 11.8. The number of rotatable bonds is 4. The number of halogens is 2. The van der Waals surface area contributed by atoms with Gasteiger partial charge in [0.05, 0.1) is 16.7 Å². The van der Waals surface area contributed by atoms with Gasteiger partial charge in [-0.05, 0) is 13.0 Å². The molecule has 22 heavy (non-hydrogen) atoms. The second-order valence-electron chi connectivity index (χ2n) is 4.22. The molecule has 0 saturated heterocycles. The molecular formula is C16H12Cl2O4. The molecule has 0 amide bonds. The average molecular weight is 339 g/mol. The van der Waals surface area contributed by atoms with Gasteiger partial charge in [-0.15, -0.1) is 0 Å². The van der Waals surface area contributed by atoms with Gasteiger partial charge in [-0.2, -0.15) is 0 Å². The molecule has 0 aliphatic rings. The van der Waals surface area contributed by atoms with Crippen molar-refractivity contribution < 1.29 is 19.1 Å². The van der Waals surface area contributed by atoms with Crippen LogP contribution in [0.25, 0.3) is 10.8 Å². The van der Waals surface area contributed by atoms with E-state index in [9.17, 15) is 9.59 Å². The Bertz CT molecular complexity index is 753. The van der Waals surface area contributed by atoms with Crippen molar-refractivity contribution >= 4 is 45.9 Å². The van der Waals surface area contributed by atoms with E-state index in [1.54, 1.807) is 25.1 Å². The zero-order chi connectivity index (χ0) is 16.1. The van der Waals surface area contributed by atoms with Gasteiger partial charge < -0.3 is 9.47 Å². The fourth-order valence-electron chi connectivity index (χ4n) is 1.84. The molecule has 0 aliphatic carbocycles. The molecule has 0 unspecified atom stereocenters. The summed E-state index contributed by atoms with van der Waals surface area (Å²) in [4.78, 5) is 23.0. The lowest BCUT2D eigenvalue weighted by atomic mass is 10.1. The van der Waals surface area contributed by atoms with E-state index >= 15 is 0 Å². The monoisotopic (exact) mass is 338 g/mol. The van der Waals surface area contributed by atoms with Crippen molar-refractivity contribution in [2.24, 2.45) is 0 Å². The summed E-state index contributed by atoms with van der Waals surface area (Å²) in [6, 6.07) is 8.63. The van der Waals surface area contributed by atoms with Crippen LogP contribution in [-0.4, -0.2) is 18.5 Å². The zero-order valence-electron chi connectivity index (χ0n) is 11.6. The van der Waals surface area contributed by atoms with Crippen LogP contribution in [0.3, 0.4) is 0 Å². The van der Waals surface area contributed by atoms with E-state index in [0.29, 0.717) is 15.8 Å². The summed E-state index contributed by atoms with van der Waals surface area (Å²) in [7, 11) is 0. The number of esters is 2. The summed E-state index contributed by atoms with van der Waals surface area (Å²) in [6.07, 6.45) is 1.98. The quantitative estimate of drug-likeness (QED) is 0.477. The Morgan fingerprint density at radius 3 is 2.36 bits per heavy atom. The van der Waals surface area contributed by atoms with Gasteiger partial charge in [-0.25, -0.2) is 9.59 Å². The number of carbonyl (C=O) groups excluding carboxylic acids is 2. The number of hydrogen-bond acceptors (Lipinski definition) is 4. The normalized spacial score (nSPS) is 10.9. The van der Waals surface area contributed by atoms with Gasteiger partial charge in [-0.3, -0.25) is 0 Å². The third-order valence-corrected chi connectivity index (χ3v) is 3.34. The number of carbonyl (C=O) groups is 2. The van der Waals surface area contributed by atoms with Gasteiger partial charge in [0.1, 0.15) is 0 Å². The third kappa shape index (κ3) is 3.78. The molecule has 0 fully saturated rings. The number of benzene rings is 2. The standard InChI is InChI=1S/C16H12Cl2O4/c1-2-21-14(19)7-8-15(20)22-16-11-6-4-3-5-10(11)12(17)9-13(16)18/h3-9H,2H2,1H3/b8-7+. The molecule has 2 aromatic carbocycles. The summed E-state index contributed by atoms with van der Waals surface area (Å²) in [6.45, 7) is 1.90. The van der Waals surface area contributed by atoms with Gasteiger partial charge in [0.15, 0.2) is 5.75 Å². The van der Waals surface area contributed by atoms with Crippen molar-refractivity contribution in [2.75, 3.05) is 6.61 Å². The highest BCUT2D eigenvalue weighted by Gasteiger charge is 2.13. The van der Waals surface area contributed by atoms with E-state index < -0.39 is 11.9 Å². The van der Waals surface area contributed by atoms with E-state index in [2.05, 4.69) is 4.74 Å². The first-order valence-electron chi connectivity index (χ1n) is 6.46. The van der Waals surface area contributed by atoms with Crippen molar-refractivity contribution in [1.29, 1.82) is 0 Å². The molecule has 0 bridgehead atoms. The predicted octanol–water partition coefficient (Wildman–Crippen LogP) is 4.17. The molecule has 0 N–H and O–H groups in total. The fourth-order valence-corrected chi connectivity index (χ4v) is 2.42. The van der Waals surface area contributed by atoms with E-state index in [4.69, 9.17) is 27.9 Å². The molecule has 0 atom stereocenters. The molecule has 2 rings (SSSR count). The maximum Gasteiger partial charge on any atom is 0.336 e. The van der Waals surface area contributed by atoms with Crippen molar-refractivity contribution in [3.05, 3.63) is 52.5 Å².